The monoisotopic (exact) mass is 126 g/mol. The van der Waals surface area contributed by atoms with Crippen molar-refractivity contribution in [1.29, 1.82) is 0 Å². The maximum atomic E-state index is 5.68. The van der Waals surface area contributed by atoms with Gasteiger partial charge in [-0.15, -0.1) is 0 Å². The Morgan fingerprint density at radius 2 is 1.67 bits per heavy atom. The predicted octanol–water partition coefficient (Wildman–Crippen LogP) is 0.758. The molecule has 0 fully saturated rings. The van der Waals surface area contributed by atoms with Crippen LogP contribution in [0.25, 0.3) is 0 Å². The van der Waals surface area contributed by atoms with Crippen LogP contribution in [0, 0.1) is 5.41 Å². The third-order valence-corrected chi connectivity index (χ3v) is 1.91. The summed E-state index contributed by atoms with van der Waals surface area (Å²) in [6.45, 7) is 4.27. The van der Waals surface area contributed by atoms with Crippen molar-refractivity contribution in [2.24, 2.45) is 11.1 Å². The van der Waals surface area contributed by atoms with Crippen LogP contribution in [-0.2, 0) is 0 Å². The first-order valence-corrected chi connectivity index (χ1v) is 3.16. The zero-order valence-electron chi connectivity index (χ0n) is 6.52. The summed E-state index contributed by atoms with van der Waals surface area (Å²) in [5.74, 6) is 0. The Morgan fingerprint density at radius 3 is 1.67 bits per heavy atom. The molecule has 2 heteroatoms. The summed E-state index contributed by atoms with van der Waals surface area (Å²) in [7, 11) is 4.05. The van der Waals surface area contributed by atoms with E-state index in [0.29, 0.717) is 0 Å². The van der Waals surface area contributed by atoms with Gasteiger partial charge < -0.3 is 10.6 Å². The van der Waals surface area contributed by atoms with E-state index in [-0.39, 0.29) is 5.41 Å². The molecule has 1 aliphatic carbocycles. The van der Waals surface area contributed by atoms with E-state index in [0.717, 1.165) is 5.70 Å². The molecule has 2 nitrogen and oxygen atoms in total. The van der Waals surface area contributed by atoms with Gasteiger partial charge in [0, 0.05) is 30.9 Å². The highest BCUT2D eigenvalue weighted by molar-refractivity contribution is 5.43. The topological polar surface area (TPSA) is 29.3 Å². The number of hydrogen-bond acceptors (Lipinski definition) is 2. The Balaban J connectivity index is 2.68. The van der Waals surface area contributed by atoms with Crippen molar-refractivity contribution in [2.45, 2.75) is 13.8 Å². The predicted molar refractivity (Wildman–Crippen MR) is 38.7 cm³/mol. The van der Waals surface area contributed by atoms with E-state index in [1.807, 2.05) is 14.1 Å². The Bertz CT molecular complexity index is 166. The minimum atomic E-state index is 0.184. The minimum Gasteiger partial charge on any atom is -0.400 e. The molecular weight excluding hydrogens is 112 g/mol. The maximum absolute atomic E-state index is 5.68. The van der Waals surface area contributed by atoms with E-state index < -0.39 is 0 Å². The summed E-state index contributed by atoms with van der Waals surface area (Å²) in [5.41, 5.74) is 8.18. The Labute approximate surface area is 56.3 Å². The van der Waals surface area contributed by atoms with Crippen LogP contribution in [0.2, 0.25) is 0 Å². The molecule has 52 valence electrons. The van der Waals surface area contributed by atoms with E-state index in [1.54, 1.807) is 0 Å². The van der Waals surface area contributed by atoms with Crippen LogP contribution < -0.4 is 5.73 Å². The molecule has 0 aliphatic heterocycles. The third kappa shape index (κ3) is 0.696. The largest absolute Gasteiger partial charge is 0.400 e. The molecule has 0 saturated heterocycles. The molecule has 0 unspecified atom stereocenters. The molecule has 0 spiro atoms. The second kappa shape index (κ2) is 1.43. The van der Waals surface area contributed by atoms with Crippen LogP contribution in [0.3, 0.4) is 0 Å². The van der Waals surface area contributed by atoms with Gasteiger partial charge in [-0.2, -0.15) is 0 Å². The lowest BCUT2D eigenvalue weighted by molar-refractivity contribution is 0.463. The second-order valence-corrected chi connectivity index (χ2v) is 3.28. The summed E-state index contributed by atoms with van der Waals surface area (Å²) >= 11 is 0. The fourth-order valence-electron chi connectivity index (χ4n) is 1.28. The number of nitrogens with two attached hydrogens (primary N) is 1. The van der Waals surface area contributed by atoms with Crippen LogP contribution in [-0.4, -0.2) is 19.0 Å². The first-order valence-electron chi connectivity index (χ1n) is 3.16. The SMILES string of the molecule is CN(C)C1=C(N)C1(C)C. The second-order valence-electron chi connectivity index (χ2n) is 3.28. The van der Waals surface area contributed by atoms with Gasteiger partial charge in [-0.3, -0.25) is 0 Å². The third-order valence-electron chi connectivity index (χ3n) is 1.91. The lowest BCUT2D eigenvalue weighted by atomic mass is 10.1. The van der Waals surface area contributed by atoms with E-state index in [2.05, 4.69) is 18.7 Å². The van der Waals surface area contributed by atoms with Crippen molar-refractivity contribution in [3.8, 4) is 0 Å². The van der Waals surface area contributed by atoms with Gasteiger partial charge in [0.1, 0.15) is 0 Å². The van der Waals surface area contributed by atoms with Crippen LogP contribution in [0.4, 0.5) is 0 Å². The van der Waals surface area contributed by atoms with Crippen LogP contribution in [0.1, 0.15) is 13.8 Å². The highest BCUT2D eigenvalue weighted by atomic mass is 15.1. The molecular formula is C7H14N2. The number of hydrogen-bond donors (Lipinski definition) is 1. The van der Waals surface area contributed by atoms with Crippen molar-refractivity contribution < 1.29 is 0 Å². The van der Waals surface area contributed by atoms with Crippen LogP contribution in [0.15, 0.2) is 11.4 Å². The Kier molecular flexibility index (Phi) is 1.03. The molecule has 0 aromatic carbocycles. The van der Waals surface area contributed by atoms with Gasteiger partial charge in [0.05, 0.1) is 0 Å². The normalized spacial score (nSPS) is 22.2. The van der Waals surface area contributed by atoms with Crippen molar-refractivity contribution in [2.75, 3.05) is 14.1 Å². The van der Waals surface area contributed by atoms with Crippen LogP contribution in [0.5, 0.6) is 0 Å². The highest BCUT2D eigenvalue weighted by Crippen LogP contribution is 2.48. The molecule has 1 rings (SSSR count). The molecule has 0 aromatic heterocycles. The zero-order valence-corrected chi connectivity index (χ0v) is 6.52. The van der Waals surface area contributed by atoms with E-state index >= 15 is 0 Å². The molecule has 0 radical (unpaired) electrons. The summed E-state index contributed by atoms with van der Waals surface area (Å²) in [6, 6.07) is 0. The first-order chi connectivity index (χ1) is 3.98. The van der Waals surface area contributed by atoms with Gasteiger partial charge in [0.15, 0.2) is 0 Å². The molecule has 0 saturated carbocycles. The minimum absolute atomic E-state index is 0.184. The quantitative estimate of drug-likeness (QED) is 0.562. The molecule has 0 atom stereocenters. The lowest BCUT2D eigenvalue weighted by Crippen LogP contribution is -2.09. The average Bonchev–Trinajstić information content (AvgIpc) is 2.07. The van der Waals surface area contributed by atoms with Crippen molar-refractivity contribution in [1.82, 2.24) is 4.90 Å². The summed E-state index contributed by atoms with van der Waals surface area (Å²) in [6.07, 6.45) is 0. The van der Waals surface area contributed by atoms with Crippen molar-refractivity contribution in [3.63, 3.8) is 0 Å². The zero-order chi connectivity index (χ0) is 7.23. The smallest absolute Gasteiger partial charge is 0.0476 e. The first kappa shape index (κ1) is 6.46. The van der Waals surface area contributed by atoms with Crippen molar-refractivity contribution in [3.05, 3.63) is 11.4 Å². The van der Waals surface area contributed by atoms with Crippen LogP contribution >= 0.6 is 0 Å². The molecule has 0 heterocycles. The van der Waals surface area contributed by atoms with E-state index in [1.165, 1.54) is 5.70 Å². The Morgan fingerprint density at radius 1 is 1.33 bits per heavy atom. The van der Waals surface area contributed by atoms with Crippen molar-refractivity contribution >= 4 is 0 Å². The molecule has 2 N–H and O–H groups in total. The van der Waals surface area contributed by atoms with Gasteiger partial charge in [0.2, 0.25) is 0 Å². The fourth-order valence-corrected chi connectivity index (χ4v) is 1.28. The van der Waals surface area contributed by atoms with E-state index in [4.69, 9.17) is 5.73 Å². The van der Waals surface area contributed by atoms with Gasteiger partial charge in [-0.05, 0) is 13.8 Å². The summed E-state index contributed by atoms with van der Waals surface area (Å²) < 4.78 is 0. The van der Waals surface area contributed by atoms with Gasteiger partial charge in [-0.1, -0.05) is 0 Å². The Hall–Kier alpha value is -0.660. The lowest BCUT2D eigenvalue weighted by Gasteiger charge is -2.11. The van der Waals surface area contributed by atoms with Gasteiger partial charge in [-0.25, -0.2) is 0 Å². The summed E-state index contributed by atoms with van der Waals surface area (Å²) in [5, 5.41) is 0. The van der Waals surface area contributed by atoms with Gasteiger partial charge >= 0.3 is 0 Å². The number of rotatable bonds is 1. The average molecular weight is 126 g/mol. The standard InChI is InChI=1S/C7H14N2/c1-7(2)5(8)6(7)9(3)4/h8H2,1-4H3. The molecule has 0 amide bonds. The highest BCUT2D eigenvalue weighted by Gasteiger charge is 2.44. The molecule has 1 aliphatic rings. The number of allylic oxidation sites excluding steroid dienone is 2. The maximum Gasteiger partial charge on any atom is 0.0476 e. The fraction of sp³-hybridized carbons (Fsp3) is 0.714. The number of nitrogens with zero attached hydrogens (tertiary/aromatic N) is 1. The molecule has 0 bridgehead atoms. The summed E-state index contributed by atoms with van der Waals surface area (Å²) in [4.78, 5) is 2.08. The van der Waals surface area contributed by atoms with Gasteiger partial charge in [0.25, 0.3) is 0 Å². The van der Waals surface area contributed by atoms with E-state index in [9.17, 15) is 0 Å². The molecule has 9 heavy (non-hydrogen) atoms. The molecule has 0 aromatic rings.